The summed E-state index contributed by atoms with van der Waals surface area (Å²) in [6.07, 6.45) is 53.5. The maximum absolute atomic E-state index is 3.47. The highest BCUT2D eigenvalue weighted by molar-refractivity contribution is 5.17. The van der Waals surface area contributed by atoms with E-state index in [-0.39, 0.29) is 0 Å². The van der Waals surface area contributed by atoms with Gasteiger partial charge in [-0.3, -0.25) is 9.80 Å². The van der Waals surface area contributed by atoms with Crippen LogP contribution in [0.15, 0.2) is 0 Å². The quantitative estimate of drug-likeness (QED) is 0.277. The van der Waals surface area contributed by atoms with E-state index in [1.54, 1.807) is 186 Å². The number of hydrogen-bond donors (Lipinski definition) is 0. The van der Waals surface area contributed by atoms with Crippen LogP contribution in [0.25, 0.3) is 0 Å². The molecule has 304 valence electrons. The first-order valence-corrected chi connectivity index (χ1v) is 26.3. The Balaban J connectivity index is 0.833. The van der Waals surface area contributed by atoms with Gasteiger partial charge in [-0.2, -0.15) is 0 Å². The molecule has 2 aliphatic heterocycles. The summed E-state index contributed by atoms with van der Waals surface area (Å²) >= 11 is 0. The Bertz CT molecular complexity index is 1220. The van der Waals surface area contributed by atoms with E-state index in [0.717, 1.165) is 107 Å². The van der Waals surface area contributed by atoms with Crippen LogP contribution in [-0.2, 0) is 0 Å². The molecular weight excluding hydrogens is 653 g/mol. The van der Waals surface area contributed by atoms with Crippen molar-refractivity contribution in [2.45, 2.75) is 255 Å². The summed E-state index contributed by atoms with van der Waals surface area (Å²) in [7, 11) is 0. The Hall–Kier alpha value is -0.0800. The molecule has 0 aromatic heterocycles. The Morgan fingerprint density at radius 1 is 0.222 bits per heavy atom. The second kappa shape index (κ2) is 16.2. The molecule has 11 fully saturated rings. The lowest BCUT2D eigenvalue weighted by Gasteiger charge is -2.50. The van der Waals surface area contributed by atoms with Crippen molar-refractivity contribution in [3.8, 4) is 0 Å². The van der Waals surface area contributed by atoms with Crippen LogP contribution in [0.3, 0.4) is 0 Å². The van der Waals surface area contributed by atoms with Gasteiger partial charge in [0.15, 0.2) is 0 Å². The summed E-state index contributed by atoms with van der Waals surface area (Å²) < 4.78 is 0. The van der Waals surface area contributed by atoms with Gasteiger partial charge in [0, 0.05) is 36.3 Å². The van der Waals surface area contributed by atoms with Crippen molar-refractivity contribution in [3.05, 3.63) is 0 Å². The van der Waals surface area contributed by atoms with Crippen LogP contribution in [0.2, 0.25) is 0 Å². The summed E-state index contributed by atoms with van der Waals surface area (Å²) in [5.41, 5.74) is 0. The van der Waals surface area contributed by atoms with Crippen LogP contribution in [0.4, 0.5) is 0 Å². The van der Waals surface area contributed by atoms with E-state index in [1.165, 1.54) is 32.1 Å². The summed E-state index contributed by atoms with van der Waals surface area (Å²) in [4.78, 5) is 6.91. The second-order valence-electron chi connectivity index (χ2n) is 23.4. The molecular formula is C52H86N2. The molecule has 0 spiro atoms. The van der Waals surface area contributed by atoms with Gasteiger partial charge in [-0.25, -0.2) is 0 Å². The van der Waals surface area contributed by atoms with Gasteiger partial charge in [0.1, 0.15) is 0 Å². The van der Waals surface area contributed by atoms with Gasteiger partial charge in [0.2, 0.25) is 0 Å². The molecule has 2 saturated heterocycles. The number of nitrogens with zero attached hydrogens (tertiary/aromatic N) is 2. The van der Waals surface area contributed by atoms with Crippen molar-refractivity contribution in [1.82, 2.24) is 9.80 Å². The molecule has 0 amide bonds. The molecule has 0 radical (unpaired) electrons. The maximum atomic E-state index is 3.47. The summed E-state index contributed by atoms with van der Waals surface area (Å²) in [5, 5.41) is 0. The molecule has 2 nitrogen and oxygen atoms in total. The van der Waals surface area contributed by atoms with Crippen LogP contribution in [0, 0.1) is 71.0 Å². The van der Waals surface area contributed by atoms with Crippen LogP contribution in [-0.4, -0.2) is 46.1 Å². The third kappa shape index (κ3) is 6.78. The predicted molar refractivity (Wildman–Crippen MR) is 225 cm³/mol. The third-order valence-electron chi connectivity index (χ3n) is 21.5. The molecule has 9 aliphatic carbocycles. The largest absolute Gasteiger partial charge is 0.294 e. The Labute approximate surface area is 334 Å². The highest BCUT2D eigenvalue weighted by Crippen LogP contribution is 2.63. The Morgan fingerprint density at radius 2 is 0.630 bits per heavy atom. The summed E-state index contributed by atoms with van der Waals surface area (Å²) in [6, 6.07) is 5.72. The number of fused-ring (bicyclic) bond motifs is 8. The standard InChI is InChI=1S/C52H86N2/c1-4-12-35(13-5-1)38-22-26-43(27-23-38)53-48-30-31-49-51(52(48)46-29-25-42(34-50(46)53)37-16-8-3-9-17-37)45-18-10-11-19-47(45)54(49)44-28-24-40-32-39(20-21-41(40)33-44)36-14-6-2-7-15-36/h35-52H,1-34H2. The van der Waals surface area contributed by atoms with E-state index in [4.69, 9.17) is 0 Å². The molecule has 11 rings (SSSR count). The predicted octanol–water partition coefficient (Wildman–Crippen LogP) is 13.6. The zero-order valence-electron chi connectivity index (χ0n) is 35.3. The highest BCUT2D eigenvalue weighted by atomic mass is 15.3. The van der Waals surface area contributed by atoms with Crippen molar-refractivity contribution in [2.24, 2.45) is 71.0 Å². The number of hydrogen-bond acceptors (Lipinski definition) is 2. The van der Waals surface area contributed by atoms with E-state index in [0.29, 0.717) is 0 Å². The summed E-state index contributed by atoms with van der Waals surface area (Å²) in [6.45, 7) is 0. The molecule has 0 aromatic rings. The van der Waals surface area contributed by atoms with Gasteiger partial charge in [-0.15, -0.1) is 0 Å². The first kappa shape index (κ1) is 37.0. The van der Waals surface area contributed by atoms with Gasteiger partial charge in [0.05, 0.1) is 0 Å². The molecule has 54 heavy (non-hydrogen) atoms. The fourth-order valence-electron chi connectivity index (χ4n) is 19.3. The van der Waals surface area contributed by atoms with Gasteiger partial charge in [0.25, 0.3) is 0 Å². The lowest BCUT2D eigenvalue weighted by Crippen LogP contribution is -2.54. The molecule has 9 saturated carbocycles. The normalized spacial score (nSPS) is 50.1. The Morgan fingerprint density at radius 3 is 1.28 bits per heavy atom. The monoisotopic (exact) mass is 739 g/mol. The lowest BCUT2D eigenvalue weighted by molar-refractivity contribution is -0.00818. The van der Waals surface area contributed by atoms with Gasteiger partial charge in [-0.1, -0.05) is 109 Å². The van der Waals surface area contributed by atoms with Crippen LogP contribution in [0.5, 0.6) is 0 Å². The minimum Gasteiger partial charge on any atom is -0.294 e. The molecule has 0 aromatic carbocycles. The molecule has 2 heteroatoms. The first-order valence-electron chi connectivity index (χ1n) is 26.3. The van der Waals surface area contributed by atoms with E-state index in [2.05, 4.69) is 9.80 Å². The van der Waals surface area contributed by atoms with Gasteiger partial charge < -0.3 is 0 Å². The van der Waals surface area contributed by atoms with Crippen molar-refractivity contribution >= 4 is 0 Å². The first-order chi connectivity index (χ1) is 26.8. The minimum absolute atomic E-state index is 0.938. The van der Waals surface area contributed by atoms with Gasteiger partial charge >= 0.3 is 0 Å². The molecule has 11 aliphatic rings. The summed E-state index contributed by atoms with van der Waals surface area (Å²) in [5.74, 6) is 12.9. The molecule has 13 atom stereocenters. The van der Waals surface area contributed by atoms with Crippen LogP contribution in [0.1, 0.15) is 218 Å². The van der Waals surface area contributed by atoms with Gasteiger partial charge in [-0.05, 0) is 180 Å². The fraction of sp³-hybridized carbons (Fsp3) is 1.00. The topological polar surface area (TPSA) is 6.48 Å². The van der Waals surface area contributed by atoms with Crippen LogP contribution < -0.4 is 0 Å². The maximum Gasteiger partial charge on any atom is 0.0137 e. The highest BCUT2D eigenvalue weighted by Gasteiger charge is 2.64. The Kier molecular flexibility index (Phi) is 11.1. The third-order valence-corrected chi connectivity index (χ3v) is 21.5. The average molecular weight is 739 g/mol. The lowest BCUT2D eigenvalue weighted by atomic mass is 9.60. The molecule has 2 heterocycles. The minimum atomic E-state index is 0.938. The zero-order valence-corrected chi connectivity index (χ0v) is 35.3. The average Bonchev–Trinajstić information content (AvgIpc) is 3.77. The van der Waals surface area contributed by atoms with Crippen molar-refractivity contribution in [3.63, 3.8) is 0 Å². The number of likely N-dealkylation sites (tertiary alicyclic amines) is 2. The zero-order chi connectivity index (χ0) is 35.6. The fourth-order valence-corrected chi connectivity index (χ4v) is 19.3. The smallest absolute Gasteiger partial charge is 0.0137 e. The van der Waals surface area contributed by atoms with Crippen molar-refractivity contribution in [2.75, 3.05) is 0 Å². The molecule has 0 bridgehead atoms. The second-order valence-corrected chi connectivity index (χ2v) is 23.4. The van der Waals surface area contributed by atoms with Crippen molar-refractivity contribution < 1.29 is 0 Å². The van der Waals surface area contributed by atoms with E-state index < -0.39 is 0 Å². The number of rotatable bonds is 5. The van der Waals surface area contributed by atoms with Crippen LogP contribution >= 0.6 is 0 Å². The SMILES string of the molecule is C1CCC(C2CCC(N3C4CC(C5CCCCC5)CCC4C4C5C6CCCCC6N(C6CCC7CC(C8CCCCC8)CCC7C6)C5CCC43)CC2)CC1. The van der Waals surface area contributed by atoms with Crippen molar-refractivity contribution in [1.29, 1.82) is 0 Å². The van der Waals surface area contributed by atoms with E-state index in [9.17, 15) is 0 Å². The molecule has 0 N–H and O–H groups in total. The van der Waals surface area contributed by atoms with E-state index >= 15 is 0 Å². The molecule has 13 unspecified atom stereocenters. The van der Waals surface area contributed by atoms with E-state index in [1.807, 2.05) is 0 Å².